The summed E-state index contributed by atoms with van der Waals surface area (Å²) in [4.78, 5) is 24.5. The monoisotopic (exact) mass is 316 g/mol. The summed E-state index contributed by atoms with van der Waals surface area (Å²) < 4.78 is 0. The number of benzene rings is 1. The standard InChI is InChI=1S/C19H28N2O2/c1-12(2)15-10-7-9-14(4)17(15)21-19(23)18(22)20-16-11-6-5-8-13(16)3/h7,9-10,12-13,16H,5-6,8,11H2,1-4H3,(H,20,22)(H,21,23). The zero-order chi connectivity index (χ0) is 17.0. The van der Waals surface area contributed by atoms with Crippen LogP contribution in [0.2, 0.25) is 0 Å². The van der Waals surface area contributed by atoms with Gasteiger partial charge in [-0.3, -0.25) is 9.59 Å². The van der Waals surface area contributed by atoms with Crippen molar-refractivity contribution in [2.75, 3.05) is 5.32 Å². The van der Waals surface area contributed by atoms with E-state index in [2.05, 4.69) is 31.4 Å². The predicted molar refractivity (Wildman–Crippen MR) is 93.5 cm³/mol. The first-order valence-corrected chi connectivity index (χ1v) is 8.61. The number of nitrogens with one attached hydrogen (secondary N) is 2. The third-order valence-corrected chi connectivity index (χ3v) is 4.80. The average molecular weight is 316 g/mol. The molecule has 2 N–H and O–H groups in total. The molecular formula is C19H28N2O2. The van der Waals surface area contributed by atoms with Crippen molar-refractivity contribution in [1.82, 2.24) is 5.32 Å². The zero-order valence-corrected chi connectivity index (χ0v) is 14.6. The van der Waals surface area contributed by atoms with Crippen molar-refractivity contribution < 1.29 is 9.59 Å². The van der Waals surface area contributed by atoms with E-state index in [1.54, 1.807) is 0 Å². The molecule has 0 aliphatic heterocycles. The molecular weight excluding hydrogens is 288 g/mol. The number of carbonyl (C=O) groups excluding carboxylic acids is 2. The third kappa shape index (κ3) is 4.34. The van der Waals surface area contributed by atoms with E-state index in [4.69, 9.17) is 0 Å². The molecule has 2 rings (SSSR count). The molecule has 0 bridgehead atoms. The van der Waals surface area contributed by atoms with E-state index in [-0.39, 0.29) is 12.0 Å². The zero-order valence-electron chi connectivity index (χ0n) is 14.6. The van der Waals surface area contributed by atoms with Crippen LogP contribution in [0.4, 0.5) is 5.69 Å². The lowest BCUT2D eigenvalue weighted by Crippen LogP contribution is -2.45. The molecule has 1 aromatic carbocycles. The highest BCUT2D eigenvalue weighted by Gasteiger charge is 2.26. The van der Waals surface area contributed by atoms with E-state index < -0.39 is 11.8 Å². The van der Waals surface area contributed by atoms with Crippen LogP contribution in [0.15, 0.2) is 18.2 Å². The maximum absolute atomic E-state index is 12.3. The van der Waals surface area contributed by atoms with Gasteiger partial charge in [0.2, 0.25) is 0 Å². The molecule has 2 unspecified atom stereocenters. The normalized spacial score (nSPS) is 21.1. The summed E-state index contributed by atoms with van der Waals surface area (Å²) in [5.74, 6) is -0.377. The first kappa shape index (κ1) is 17.5. The summed E-state index contributed by atoms with van der Waals surface area (Å²) in [6.45, 7) is 8.24. The molecule has 0 saturated heterocycles. The number of para-hydroxylation sites is 1. The van der Waals surface area contributed by atoms with Gasteiger partial charge in [0.25, 0.3) is 0 Å². The van der Waals surface area contributed by atoms with Gasteiger partial charge >= 0.3 is 11.8 Å². The van der Waals surface area contributed by atoms with Crippen molar-refractivity contribution >= 4 is 17.5 Å². The molecule has 126 valence electrons. The topological polar surface area (TPSA) is 58.2 Å². The van der Waals surface area contributed by atoms with Crippen LogP contribution in [-0.4, -0.2) is 17.9 Å². The summed E-state index contributed by atoms with van der Waals surface area (Å²) in [5, 5.41) is 5.72. The van der Waals surface area contributed by atoms with Gasteiger partial charge in [-0.05, 0) is 42.7 Å². The highest BCUT2D eigenvalue weighted by molar-refractivity contribution is 6.39. The number of rotatable bonds is 3. The van der Waals surface area contributed by atoms with Crippen molar-refractivity contribution in [2.24, 2.45) is 5.92 Å². The summed E-state index contributed by atoms with van der Waals surface area (Å²) in [6, 6.07) is 6.03. The number of anilines is 1. The SMILES string of the molecule is Cc1cccc(C(C)C)c1NC(=O)C(=O)NC1CCCCC1C. The molecule has 1 aliphatic rings. The van der Waals surface area contributed by atoms with Crippen molar-refractivity contribution in [3.63, 3.8) is 0 Å². The van der Waals surface area contributed by atoms with Crippen LogP contribution in [0.25, 0.3) is 0 Å². The second-order valence-electron chi connectivity index (χ2n) is 6.99. The Labute approximate surface area is 139 Å². The summed E-state index contributed by atoms with van der Waals surface area (Å²) in [6.07, 6.45) is 4.40. The van der Waals surface area contributed by atoms with Crippen LogP contribution in [0.3, 0.4) is 0 Å². The Balaban J connectivity index is 2.05. The van der Waals surface area contributed by atoms with E-state index in [0.717, 1.165) is 36.1 Å². The van der Waals surface area contributed by atoms with Crippen molar-refractivity contribution in [3.8, 4) is 0 Å². The molecule has 1 fully saturated rings. The van der Waals surface area contributed by atoms with Gasteiger partial charge in [-0.15, -0.1) is 0 Å². The molecule has 2 atom stereocenters. The number of hydrogen-bond donors (Lipinski definition) is 2. The summed E-state index contributed by atoms with van der Waals surface area (Å²) in [5.41, 5.74) is 2.79. The van der Waals surface area contributed by atoms with E-state index in [1.807, 2.05) is 25.1 Å². The Morgan fingerprint density at radius 2 is 1.83 bits per heavy atom. The first-order valence-electron chi connectivity index (χ1n) is 8.61. The van der Waals surface area contributed by atoms with Gasteiger partial charge in [0, 0.05) is 11.7 Å². The van der Waals surface area contributed by atoms with Crippen molar-refractivity contribution in [3.05, 3.63) is 29.3 Å². The highest BCUT2D eigenvalue weighted by atomic mass is 16.2. The molecule has 23 heavy (non-hydrogen) atoms. The van der Waals surface area contributed by atoms with Crippen LogP contribution in [0, 0.1) is 12.8 Å². The Bertz CT molecular complexity index is 581. The van der Waals surface area contributed by atoms with Gasteiger partial charge in [-0.2, -0.15) is 0 Å². The molecule has 0 heterocycles. The maximum Gasteiger partial charge on any atom is 0.313 e. The molecule has 1 saturated carbocycles. The highest BCUT2D eigenvalue weighted by Crippen LogP contribution is 2.27. The fourth-order valence-electron chi connectivity index (χ4n) is 3.28. The lowest BCUT2D eigenvalue weighted by molar-refractivity contribution is -0.137. The minimum absolute atomic E-state index is 0.114. The van der Waals surface area contributed by atoms with Crippen LogP contribution < -0.4 is 10.6 Å². The molecule has 4 heteroatoms. The number of carbonyl (C=O) groups is 2. The largest absolute Gasteiger partial charge is 0.345 e. The minimum Gasteiger partial charge on any atom is -0.345 e. The number of amides is 2. The summed E-state index contributed by atoms with van der Waals surface area (Å²) >= 11 is 0. The Kier molecular flexibility index (Phi) is 5.80. The van der Waals surface area contributed by atoms with E-state index in [0.29, 0.717) is 5.92 Å². The lowest BCUT2D eigenvalue weighted by Gasteiger charge is -2.29. The Morgan fingerprint density at radius 1 is 1.13 bits per heavy atom. The van der Waals surface area contributed by atoms with Crippen LogP contribution in [-0.2, 0) is 9.59 Å². The molecule has 1 aromatic rings. The Morgan fingerprint density at radius 3 is 2.48 bits per heavy atom. The van der Waals surface area contributed by atoms with E-state index >= 15 is 0 Å². The second kappa shape index (κ2) is 7.62. The minimum atomic E-state index is -0.570. The smallest absolute Gasteiger partial charge is 0.313 e. The number of hydrogen-bond acceptors (Lipinski definition) is 2. The van der Waals surface area contributed by atoms with Gasteiger partial charge in [0.1, 0.15) is 0 Å². The summed E-state index contributed by atoms with van der Waals surface area (Å²) in [7, 11) is 0. The average Bonchev–Trinajstić information content (AvgIpc) is 2.51. The number of aryl methyl sites for hydroxylation is 1. The fourth-order valence-corrected chi connectivity index (χ4v) is 3.28. The van der Waals surface area contributed by atoms with E-state index in [1.165, 1.54) is 6.42 Å². The van der Waals surface area contributed by atoms with Crippen molar-refractivity contribution in [1.29, 1.82) is 0 Å². The molecule has 0 aromatic heterocycles. The van der Waals surface area contributed by atoms with Crippen molar-refractivity contribution in [2.45, 2.75) is 65.3 Å². The second-order valence-corrected chi connectivity index (χ2v) is 6.99. The molecule has 2 amide bonds. The predicted octanol–water partition coefficient (Wildman–Crippen LogP) is 3.75. The van der Waals surface area contributed by atoms with Gasteiger partial charge in [0.15, 0.2) is 0 Å². The molecule has 1 aliphatic carbocycles. The van der Waals surface area contributed by atoms with Gasteiger partial charge in [-0.25, -0.2) is 0 Å². The quantitative estimate of drug-likeness (QED) is 0.834. The van der Waals surface area contributed by atoms with Crippen LogP contribution in [0.1, 0.15) is 63.5 Å². The lowest BCUT2D eigenvalue weighted by atomic mass is 9.86. The maximum atomic E-state index is 12.3. The fraction of sp³-hybridized carbons (Fsp3) is 0.579. The van der Waals surface area contributed by atoms with Gasteiger partial charge in [-0.1, -0.05) is 51.8 Å². The molecule has 4 nitrogen and oxygen atoms in total. The van der Waals surface area contributed by atoms with Crippen LogP contribution in [0.5, 0.6) is 0 Å². The van der Waals surface area contributed by atoms with E-state index in [9.17, 15) is 9.59 Å². The van der Waals surface area contributed by atoms with Gasteiger partial charge < -0.3 is 10.6 Å². The Hall–Kier alpha value is -1.84. The first-order chi connectivity index (χ1) is 10.9. The van der Waals surface area contributed by atoms with Gasteiger partial charge in [0.05, 0.1) is 0 Å². The molecule has 0 radical (unpaired) electrons. The van der Waals surface area contributed by atoms with Crippen LogP contribution >= 0.6 is 0 Å². The third-order valence-electron chi connectivity index (χ3n) is 4.80. The molecule has 0 spiro atoms.